The zero-order valence-corrected chi connectivity index (χ0v) is 15.2. The van der Waals surface area contributed by atoms with Crippen LogP contribution >= 0.6 is 0 Å². The van der Waals surface area contributed by atoms with Crippen LogP contribution in [-0.2, 0) is 13.1 Å². The van der Waals surface area contributed by atoms with E-state index in [9.17, 15) is 13.6 Å². The van der Waals surface area contributed by atoms with Crippen molar-refractivity contribution in [3.05, 3.63) is 64.6 Å². The van der Waals surface area contributed by atoms with E-state index in [-0.39, 0.29) is 11.3 Å². The second-order valence-electron chi connectivity index (χ2n) is 5.78. The third kappa shape index (κ3) is 7.08. The summed E-state index contributed by atoms with van der Waals surface area (Å²) in [6.07, 6.45) is 3.47. The Kier molecular flexibility index (Phi) is 8.28. The second kappa shape index (κ2) is 10.9. The molecule has 0 amide bonds. The van der Waals surface area contributed by atoms with Crippen molar-refractivity contribution in [1.29, 1.82) is 0 Å². The van der Waals surface area contributed by atoms with Gasteiger partial charge in [-0.15, -0.1) is 0 Å². The molecule has 6 nitrogen and oxygen atoms in total. The molecular weight excluding hydrogens is 354 g/mol. The van der Waals surface area contributed by atoms with Crippen molar-refractivity contribution >= 4 is 5.96 Å². The fourth-order valence-electron chi connectivity index (χ4n) is 2.52. The first-order chi connectivity index (χ1) is 13.1. The first-order valence-corrected chi connectivity index (χ1v) is 8.73. The van der Waals surface area contributed by atoms with Crippen LogP contribution in [0.25, 0.3) is 0 Å². The van der Waals surface area contributed by atoms with Gasteiger partial charge in [-0.1, -0.05) is 24.3 Å². The predicted octanol–water partition coefficient (Wildman–Crippen LogP) is 2.60. The van der Waals surface area contributed by atoms with E-state index in [1.165, 1.54) is 6.07 Å². The number of ether oxygens (including phenoxy) is 1. The molecule has 0 unspecified atom stereocenters. The van der Waals surface area contributed by atoms with Gasteiger partial charge in [0, 0.05) is 44.5 Å². The first kappa shape index (κ1) is 20.4. The SMILES string of the molecule is CN=C(NCCCCn1ccccc1=O)NCc1ccccc1OC(F)F. The van der Waals surface area contributed by atoms with Gasteiger partial charge in [0.05, 0.1) is 0 Å². The molecule has 0 saturated heterocycles. The number of pyridine rings is 1. The van der Waals surface area contributed by atoms with Crippen LogP contribution in [0.2, 0.25) is 0 Å². The fraction of sp³-hybridized carbons (Fsp3) is 0.368. The summed E-state index contributed by atoms with van der Waals surface area (Å²) in [5.74, 6) is 0.711. The molecule has 1 aromatic heterocycles. The van der Waals surface area contributed by atoms with Gasteiger partial charge in [-0.25, -0.2) is 0 Å². The highest BCUT2D eigenvalue weighted by Crippen LogP contribution is 2.19. The topological polar surface area (TPSA) is 67.7 Å². The summed E-state index contributed by atoms with van der Waals surface area (Å²) < 4.78 is 31.1. The number of benzene rings is 1. The van der Waals surface area contributed by atoms with E-state index in [1.807, 2.05) is 6.07 Å². The molecule has 0 fully saturated rings. The smallest absolute Gasteiger partial charge is 0.387 e. The second-order valence-corrected chi connectivity index (χ2v) is 5.78. The number of rotatable bonds is 9. The van der Waals surface area contributed by atoms with Gasteiger partial charge in [-0.05, 0) is 25.0 Å². The van der Waals surface area contributed by atoms with Gasteiger partial charge < -0.3 is 19.9 Å². The number of hydrogen-bond donors (Lipinski definition) is 2. The molecule has 1 aromatic carbocycles. The maximum absolute atomic E-state index is 12.5. The van der Waals surface area contributed by atoms with Crippen molar-refractivity contribution in [3.8, 4) is 5.75 Å². The highest BCUT2D eigenvalue weighted by molar-refractivity contribution is 5.79. The lowest BCUT2D eigenvalue weighted by Gasteiger charge is -2.14. The normalized spacial score (nSPS) is 11.5. The molecular formula is C19H24F2N4O2. The third-order valence-corrected chi connectivity index (χ3v) is 3.88. The van der Waals surface area contributed by atoms with Crippen LogP contribution in [0.1, 0.15) is 18.4 Å². The molecule has 27 heavy (non-hydrogen) atoms. The number of alkyl halides is 2. The van der Waals surface area contributed by atoms with Crippen molar-refractivity contribution in [2.45, 2.75) is 32.5 Å². The number of hydrogen-bond acceptors (Lipinski definition) is 3. The van der Waals surface area contributed by atoms with E-state index < -0.39 is 6.61 Å². The summed E-state index contributed by atoms with van der Waals surface area (Å²) in [6.45, 7) is -1.22. The van der Waals surface area contributed by atoms with E-state index in [0.29, 0.717) is 31.2 Å². The van der Waals surface area contributed by atoms with Crippen LogP contribution in [-0.4, -0.2) is 30.7 Å². The molecule has 0 saturated carbocycles. The van der Waals surface area contributed by atoms with Gasteiger partial charge in [0.1, 0.15) is 5.75 Å². The van der Waals surface area contributed by atoms with E-state index >= 15 is 0 Å². The Morgan fingerprint density at radius 2 is 1.93 bits per heavy atom. The lowest BCUT2D eigenvalue weighted by Crippen LogP contribution is -2.37. The number of nitrogens with zero attached hydrogens (tertiary/aromatic N) is 2. The summed E-state index contributed by atoms with van der Waals surface area (Å²) in [5.41, 5.74) is 0.608. The van der Waals surface area contributed by atoms with E-state index in [0.717, 1.165) is 12.8 Å². The van der Waals surface area contributed by atoms with E-state index in [4.69, 9.17) is 0 Å². The number of aryl methyl sites for hydroxylation is 1. The maximum atomic E-state index is 12.5. The van der Waals surface area contributed by atoms with Crippen LogP contribution in [0.4, 0.5) is 8.78 Å². The Bertz CT molecular complexity index is 793. The van der Waals surface area contributed by atoms with E-state index in [1.54, 1.807) is 48.1 Å². The number of guanidine groups is 1. The molecule has 2 rings (SSSR count). The molecule has 2 aromatic rings. The quantitative estimate of drug-likeness (QED) is 0.400. The monoisotopic (exact) mass is 378 g/mol. The lowest BCUT2D eigenvalue weighted by atomic mass is 10.2. The van der Waals surface area contributed by atoms with Crippen LogP contribution in [0.3, 0.4) is 0 Å². The van der Waals surface area contributed by atoms with Gasteiger partial charge in [0.2, 0.25) is 5.56 Å². The van der Waals surface area contributed by atoms with Gasteiger partial charge in [0.25, 0.3) is 0 Å². The van der Waals surface area contributed by atoms with Gasteiger partial charge in [0.15, 0.2) is 5.96 Å². The Balaban J connectivity index is 1.73. The van der Waals surface area contributed by atoms with Crippen LogP contribution in [0.15, 0.2) is 58.4 Å². The minimum atomic E-state index is -2.86. The zero-order valence-electron chi connectivity index (χ0n) is 15.2. The Morgan fingerprint density at radius 3 is 2.67 bits per heavy atom. The average Bonchev–Trinajstić information content (AvgIpc) is 2.66. The van der Waals surface area contributed by atoms with Gasteiger partial charge in [-0.3, -0.25) is 9.79 Å². The van der Waals surface area contributed by atoms with Gasteiger partial charge in [-0.2, -0.15) is 8.78 Å². The van der Waals surface area contributed by atoms with Crippen molar-refractivity contribution in [2.75, 3.05) is 13.6 Å². The molecule has 2 N–H and O–H groups in total. The molecule has 8 heteroatoms. The number of para-hydroxylation sites is 1. The molecule has 0 atom stereocenters. The number of unbranched alkanes of at least 4 members (excludes halogenated alkanes) is 1. The highest BCUT2D eigenvalue weighted by atomic mass is 19.3. The van der Waals surface area contributed by atoms with Crippen molar-refractivity contribution in [2.24, 2.45) is 4.99 Å². The Labute approximate surface area is 156 Å². The van der Waals surface area contributed by atoms with Crippen molar-refractivity contribution in [3.63, 3.8) is 0 Å². The van der Waals surface area contributed by atoms with E-state index in [2.05, 4.69) is 20.4 Å². The van der Waals surface area contributed by atoms with Crippen LogP contribution in [0, 0.1) is 0 Å². The molecule has 0 aliphatic heterocycles. The minimum Gasteiger partial charge on any atom is -0.434 e. The Morgan fingerprint density at radius 1 is 1.15 bits per heavy atom. The zero-order chi connectivity index (χ0) is 19.5. The average molecular weight is 378 g/mol. The summed E-state index contributed by atoms with van der Waals surface area (Å²) >= 11 is 0. The summed E-state index contributed by atoms with van der Waals surface area (Å²) in [5, 5.41) is 6.24. The molecule has 0 radical (unpaired) electrons. The molecule has 146 valence electrons. The first-order valence-electron chi connectivity index (χ1n) is 8.73. The molecule has 0 aliphatic rings. The lowest BCUT2D eigenvalue weighted by molar-refractivity contribution is -0.0504. The van der Waals surface area contributed by atoms with Gasteiger partial charge >= 0.3 is 6.61 Å². The number of halogens is 2. The molecule has 0 bridgehead atoms. The summed E-state index contributed by atoms with van der Waals surface area (Å²) in [4.78, 5) is 15.7. The molecule has 1 heterocycles. The predicted molar refractivity (Wildman–Crippen MR) is 101 cm³/mol. The van der Waals surface area contributed by atoms with Crippen LogP contribution in [0.5, 0.6) is 5.75 Å². The molecule has 0 spiro atoms. The standard InChI is InChI=1S/C19H24F2N4O2/c1-22-19(23-11-5-7-13-25-12-6-4-10-17(25)26)24-14-15-8-2-3-9-16(15)27-18(20)21/h2-4,6,8-10,12,18H,5,7,11,13-14H2,1H3,(H2,22,23,24). The van der Waals surface area contributed by atoms with Crippen molar-refractivity contribution in [1.82, 2.24) is 15.2 Å². The number of aromatic nitrogens is 1. The van der Waals surface area contributed by atoms with Crippen LogP contribution < -0.4 is 20.9 Å². The largest absolute Gasteiger partial charge is 0.434 e. The summed E-state index contributed by atoms with van der Waals surface area (Å²) in [7, 11) is 1.64. The number of nitrogens with one attached hydrogen (secondary N) is 2. The minimum absolute atomic E-state index is 0.00684. The maximum Gasteiger partial charge on any atom is 0.387 e. The fourth-order valence-corrected chi connectivity index (χ4v) is 2.52. The Hall–Kier alpha value is -2.90. The number of aliphatic imine (C=N–C) groups is 1. The highest BCUT2D eigenvalue weighted by Gasteiger charge is 2.09. The third-order valence-electron chi connectivity index (χ3n) is 3.88. The summed E-state index contributed by atoms with van der Waals surface area (Å²) in [6, 6.07) is 11.7. The van der Waals surface area contributed by atoms with Crippen molar-refractivity contribution < 1.29 is 13.5 Å². The molecule has 0 aliphatic carbocycles.